The highest BCUT2D eigenvalue weighted by molar-refractivity contribution is 5.72. The second-order valence-corrected chi connectivity index (χ2v) is 3.90. The van der Waals surface area contributed by atoms with Gasteiger partial charge < -0.3 is 15.1 Å². The first-order valence-corrected chi connectivity index (χ1v) is 4.76. The van der Waals surface area contributed by atoms with Gasteiger partial charge >= 0.3 is 5.97 Å². The maximum atomic E-state index is 13.0. The summed E-state index contributed by atoms with van der Waals surface area (Å²) >= 11 is 0. The lowest BCUT2D eigenvalue weighted by molar-refractivity contribution is -0.149. The quantitative estimate of drug-likeness (QED) is 0.686. The van der Waals surface area contributed by atoms with Gasteiger partial charge in [0.15, 0.2) is 0 Å². The summed E-state index contributed by atoms with van der Waals surface area (Å²) in [6.07, 6.45) is -1.97. The van der Waals surface area contributed by atoms with Gasteiger partial charge in [0.2, 0.25) is 6.17 Å². The van der Waals surface area contributed by atoms with Crippen molar-refractivity contribution in [2.24, 2.45) is 5.92 Å². The lowest BCUT2D eigenvalue weighted by atomic mass is 9.90. The molecule has 0 aromatic rings. The molecule has 3 unspecified atom stereocenters. The van der Waals surface area contributed by atoms with E-state index in [9.17, 15) is 14.3 Å². The van der Waals surface area contributed by atoms with Gasteiger partial charge in [0.1, 0.15) is 6.10 Å². The van der Waals surface area contributed by atoms with Crippen LogP contribution in [-0.4, -0.2) is 53.5 Å². The Hall–Kier alpha value is -0.680. The molecule has 82 valence electrons. The Balaban J connectivity index is 2.50. The number of aliphatic carboxylic acids is 1. The molecule has 1 aliphatic rings. The monoisotopic (exact) mass is 205 g/mol. The molecular weight excluding hydrogens is 189 g/mol. The minimum absolute atomic E-state index is 0.264. The van der Waals surface area contributed by atoms with E-state index in [-0.39, 0.29) is 5.92 Å². The second-order valence-electron chi connectivity index (χ2n) is 3.90. The number of halogens is 1. The average molecular weight is 205 g/mol. The zero-order chi connectivity index (χ0) is 10.7. The fourth-order valence-electron chi connectivity index (χ4n) is 1.87. The van der Waals surface area contributed by atoms with Crippen molar-refractivity contribution in [3.63, 3.8) is 0 Å². The molecule has 3 atom stereocenters. The van der Waals surface area contributed by atoms with E-state index in [0.717, 1.165) is 13.0 Å². The molecule has 1 rings (SSSR count). The van der Waals surface area contributed by atoms with E-state index in [1.54, 1.807) is 0 Å². The zero-order valence-electron chi connectivity index (χ0n) is 8.19. The molecule has 2 N–H and O–H groups in total. The summed E-state index contributed by atoms with van der Waals surface area (Å²) < 4.78 is 13.0. The van der Waals surface area contributed by atoms with Gasteiger partial charge in [0.05, 0.1) is 0 Å². The van der Waals surface area contributed by atoms with Crippen LogP contribution in [0, 0.1) is 5.92 Å². The van der Waals surface area contributed by atoms with E-state index in [4.69, 9.17) is 5.11 Å². The van der Waals surface area contributed by atoms with Gasteiger partial charge in [-0.25, -0.2) is 9.18 Å². The van der Waals surface area contributed by atoms with Gasteiger partial charge in [-0.1, -0.05) is 0 Å². The molecule has 0 amide bonds. The van der Waals surface area contributed by atoms with Crippen molar-refractivity contribution < 1.29 is 19.4 Å². The summed E-state index contributed by atoms with van der Waals surface area (Å²) in [6, 6.07) is 0. The molecule has 1 saturated heterocycles. The number of carbonyl (C=O) groups is 1. The number of piperidine rings is 1. The number of hydrogen-bond acceptors (Lipinski definition) is 3. The smallest absolute Gasteiger partial charge is 0.341 e. The molecule has 1 aliphatic heterocycles. The molecule has 0 aliphatic carbocycles. The summed E-state index contributed by atoms with van der Waals surface area (Å²) in [7, 11) is 1.88. The van der Waals surface area contributed by atoms with E-state index >= 15 is 0 Å². The standard InChI is InChI=1S/C9H16FNO3/c1-11-4-2-3-6(5-11)8(12)7(10)9(13)14/h6-8,12H,2-5H2,1H3,(H,13,14). The molecule has 0 bridgehead atoms. The Morgan fingerprint density at radius 3 is 2.79 bits per heavy atom. The number of alkyl halides is 1. The molecule has 0 radical (unpaired) electrons. The highest BCUT2D eigenvalue weighted by atomic mass is 19.1. The largest absolute Gasteiger partial charge is 0.479 e. The summed E-state index contributed by atoms with van der Waals surface area (Å²) in [5.41, 5.74) is 0. The number of aliphatic hydroxyl groups excluding tert-OH is 1. The first kappa shape index (κ1) is 11.4. The van der Waals surface area contributed by atoms with Crippen LogP contribution in [-0.2, 0) is 4.79 Å². The van der Waals surface area contributed by atoms with Gasteiger partial charge in [-0.3, -0.25) is 0 Å². The summed E-state index contributed by atoms with van der Waals surface area (Å²) in [4.78, 5) is 12.3. The van der Waals surface area contributed by atoms with Crippen LogP contribution < -0.4 is 0 Å². The minimum atomic E-state index is -2.16. The predicted molar refractivity (Wildman–Crippen MR) is 48.8 cm³/mol. The van der Waals surface area contributed by atoms with Crippen LogP contribution in [0.15, 0.2) is 0 Å². The van der Waals surface area contributed by atoms with Gasteiger partial charge in [0.25, 0.3) is 0 Å². The number of aliphatic hydroxyl groups is 1. The maximum absolute atomic E-state index is 13.0. The Labute approximate surface area is 82.3 Å². The Bertz CT molecular complexity index is 212. The van der Waals surface area contributed by atoms with Crippen LogP contribution in [0.25, 0.3) is 0 Å². The van der Waals surface area contributed by atoms with Crippen LogP contribution in [0.1, 0.15) is 12.8 Å². The number of likely N-dealkylation sites (tertiary alicyclic amines) is 1. The molecular formula is C9H16FNO3. The summed E-state index contributed by atoms with van der Waals surface area (Å²) in [5, 5.41) is 17.8. The molecule has 5 heteroatoms. The summed E-state index contributed by atoms with van der Waals surface area (Å²) in [6.45, 7) is 1.49. The van der Waals surface area contributed by atoms with Crippen molar-refractivity contribution in [3.05, 3.63) is 0 Å². The van der Waals surface area contributed by atoms with Crippen LogP contribution in [0.5, 0.6) is 0 Å². The Morgan fingerprint density at radius 1 is 1.64 bits per heavy atom. The van der Waals surface area contributed by atoms with E-state index in [2.05, 4.69) is 0 Å². The van der Waals surface area contributed by atoms with Gasteiger partial charge in [-0.2, -0.15) is 0 Å². The number of carboxylic acid groups (broad SMARTS) is 1. The number of rotatable bonds is 3. The van der Waals surface area contributed by atoms with Crippen molar-refractivity contribution in [2.75, 3.05) is 20.1 Å². The third-order valence-electron chi connectivity index (χ3n) is 2.68. The van der Waals surface area contributed by atoms with Crippen LogP contribution in [0.3, 0.4) is 0 Å². The van der Waals surface area contributed by atoms with Gasteiger partial charge in [-0.05, 0) is 26.4 Å². The zero-order valence-corrected chi connectivity index (χ0v) is 8.19. The normalized spacial score (nSPS) is 28.4. The molecule has 0 aromatic heterocycles. The highest BCUT2D eigenvalue weighted by Gasteiger charge is 2.34. The molecule has 0 spiro atoms. The molecule has 0 saturated carbocycles. The third kappa shape index (κ3) is 2.65. The SMILES string of the molecule is CN1CCCC(C(O)C(F)C(=O)O)C1. The fraction of sp³-hybridized carbons (Fsp3) is 0.889. The molecule has 1 fully saturated rings. The lowest BCUT2D eigenvalue weighted by Crippen LogP contribution is -2.44. The Morgan fingerprint density at radius 2 is 2.29 bits per heavy atom. The highest BCUT2D eigenvalue weighted by Crippen LogP contribution is 2.21. The van der Waals surface area contributed by atoms with Gasteiger partial charge in [0, 0.05) is 12.5 Å². The van der Waals surface area contributed by atoms with Crippen molar-refractivity contribution >= 4 is 5.97 Å². The van der Waals surface area contributed by atoms with E-state index in [0.29, 0.717) is 13.0 Å². The Kier molecular flexibility index (Phi) is 3.83. The predicted octanol–water partition coefficient (Wildman–Crippen LogP) is 0.112. The maximum Gasteiger partial charge on any atom is 0.341 e. The van der Waals surface area contributed by atoms with E-state index in [1.807, 2.05) is 11.9 Å². The topological polar surface area (TPSA) is 60.8 Å². The average Bonchev–Trinajstić information content (AvgIpc) is 2.15. The lowest BCUT2D eigenvalue weighted by Gasteiger charge is -2.32. The van der Waals surface area contributed by atoms with Crippen molar-refractivity contribution in [1.82, 2.24) is 4.90 Å². The third-order valence-corrected chi connectivity index (χ3v) is 2.68. The molecule has 0 aromatic carbocycles. The first-order chi connectivity index (χ1) is 6.52. The van der Waals surface area contributed by atoms with E-state index in [1.165, 1.54) is 0 Å². The summed E-state index contributed by atoms with van der Waals surface area (Å²) in [5.74, 6) is -1.84. The molecule has 4 nitrogen and oxygen atoms in total. The number of hydrogen-bond donors (Lipinski definition) is 2. The molecule has 14 heavy (non-hydrogen) atoms. The molecule has 1 heterocycles. The van der Waals surface area contributed by atoms with Gasteiger partial charge in [-0.15, -0.1) is 0 Å². The van der Waals surface area contributed by atoms with Crippen molar-refractivity contribution in [3.8, 4) is 0 Å². The van der Waals surface area contributed by atoms with Crippen LogP contribution >= 0.6 is 0 Å². The minimum Gasteiger partial charge on any atom is -0.479 e. The first-order valence-electron chi connectivity index (χ1n) is 4.76. The van der Waals surface area contributed by atoms with Crippen LogP contribution in [0.4, 0.5) is 4.39 Å². The second kappa shape index (κ2) is 4.70. The van der Waals surface area contributed by atoms with E-state index < -0.39 is 18.2 Å². The fourth-order valence-corrected chi connectivity index (χ4v) is 1.87. The number of carboxylic acids is 1. The number of nitrogens with zero attached hydrogens (tertiary/aromatic N) is 1. The van der Waals surface area contributed by atoms with Crippen molar-refractivity contribution in [2.45, 2.75) is 25.1 Å². The van der Waals surface area contributed by atoms with Crippen LogP contribution in [0.2, 0.25) is 0 Å². The van der Waals surface area contributed by atoms with Crippen molar-refractivity contribution in [1.29, 1.82) is 0 Å².